The highest BCUT2D eigenvalue weighted by atomic mass is 35.5. The van der Waals surface area contributed by atoms with E-state index < -0.39 is 6.04 Å². The van der Waals surface area contributed by atoms with Crippen molar-refractivity contribution in [1.29, 1.82) is 0 Å². The summed E-state index contributed by atoms with van der Waals surface area (Å²) in [5.41, 5.74) is 0.930. The van der Waals surface area contributed by atoms with Crippen LogP contribution in [0.25, 0.3) is 0 Å². The quantitative estimate of drug-likeness (QED) is 0.816. The fourth-order valence-electron chi connectivity index (χ4n) is 2.43. The Bertz CT molecular complexity index is 795. The van der Waals surface area contributed by atoms with Crippen LogP contribution in [0.2, 0.25) is 15.1 Å². The number of amides is 2. The number of nitrogens with one attached hydrogen (secondary N) is 1. The van der Waals surface area contributed by atoms with E-state index in [9.17, 15) is 9.59 Å². The summed E-state index contributed by atoms with van der Waals surface area (Å²) in [7, 11) is 0. The van der Waals surface area contributed by atoms with Crippen LogP contribution in [0.15, 0.2) is 42.5 Å². The van der Waals surface area contributed by atoms with E-state index in [1.165, 1.54) is 0 Å². The van der Waals surface area contributed by atoms with Gasteiger partial charge in [-0.25, -0.2) is 4.90 Å². The number of imide groups is 1. The fraction of sp³-hybridized carbons (Fsp3) is 0.125. The summed E-state index contributed by atoms with van der Waals surface area (Å²) in [5, 5.41) is 4.21. The van der Waals surface area contributed by atoms with Gasteiger partial charge in [0.25, 0.3) is 5.91 Å². The molecular weight excluding hydrogens is 359 g/mol. The summed E-state index contributed by atoms with van der Waals surface area (Å²) >= 11 is 18.0. The predicted molar refractivity (Wildman–Crippen MR) is 92.4 cm³/mol. The molecule has 0 unspecified atom stereocenters. The SMILES string of the molecule is O=C1C[C@H](Nc2ccc(Cl)cc2Cl)C(=O)N1c1ccccc1Cl. The first kappa shape index (κ1) is 16.1. The lowest BCUT2D eigenvalue weighted by Crippen LogP contribution is -2.35. The number of benzene rings is 2. The van der Waals surface area contributed by atoms with Crippen molar-refractivity contribution >= 4 is 58.0 Å². The maximum Gasteiger partial charge on any atom is 0.256 e. The van der Waals surface area contributed by atoms with E-state index in [2.05, 4.69) is 5.32 Å². The molecular formula is C16H11Cl3N2O2. The third-order valence-corrected chi connectivity index (χ3v) is 4.37. The van der Waals surface area contributed by atoms with Gasteiger partial charge in [-0.3, -0.25) is 9.59 Å². The van der Waals surface area contributed by atoms with Crippen molar-refractivity contribution in [2.24, 2.45) is 0 Å². The molecule has 7 heteroatoms. The molecule has 2 amide bonds. The minimum Gasteiger partial charge on any atom is -0.372 e. The number of anilines is 2. The Labute approximate surface area is 147 Å². The second-order valence-electron chi connectivity index (χ2n) is 5.04. The van der Waals surface area contributed by atoms with Gasteiger partial charge in [-0.05, 0) is 30.3 Å². The summed E-state index contributed by atoms with van der Waals surface area (Å²) in [4.78, 5) is 25.9. The lowest BCUT2D eigenvalue weighted by Gasteiger charge is -2.17. The third-order valence-electron chi connectivity index (χ3n) is 3.50. The Hall–Kier alpha value is -1.75. The molecule has 0 bridgehead atoms. The monoisotopic (exact) mass is 368 g/mol. The standard InChI is InChI=1S/C16H11Cl3N2O2/c17-9-5-6-12(11(19)7-9)20-13-8-15(22)21(16(13)23)14-4-2-1-3-10(14)18/h1-7,13,20H,8H2/t13-/m0/s1. The lowest BCUT2D eigenvalue weighted by atomic mass is 10.2. The van der Waals surface area contributed by atoms with E-state index in [4.69, 9.17) is 34.8 Å². The van der Waals surface area contributed by atoms with Gasteiger partial charge in [0, 0.05) is 5.02 Å². The average Bonchev–Trinajstić information content (AvgIpc) is 2.77. The van der Waals surface area contributed by atoms with Gasteiger partial charge in [0.15, 0.2) is 0 Å². The molecule has 4 nitrogen and oxygen atoms in total. The van der Waals surface area contributed by atoms with Gasteiger partial charge < -0.3 is 5.32 Å². The molecule has 3 rings (SSSR count). The number of nitrogens with zero attached hydrogens (tertiary/aromatic N) is 1. The van der Waals surface area contributed by atoms with E-state index in [0.29, 0.717) is 26.4 Å². The summed E-state index contributed by atoms with van der Waals surface area (Å²) in [6, 6.07) is 10.9. The van der Waals surface area contributed by atoms with Gasteiger partial charge in [-0.1, -0.05) is 46.9 Å². The van der Waals surface area contributed by atoms with Gasteiger partial charge in [-0.15, -0.1) is 0 Å². The Morgan fingerprint density at radius 1 is 1.00 bits per heavy atom. The topological polar surface area (TPSA) is 49.4 Å². The van der Waals surface area contributed by atoms with E-state index >= 15 is 0 Å². The molecule has 1 N–H and O–H groups in total. The Balaban J connectivity index is 1.85. The van der Waals surface area contributed by atoms with Crippen LogP contribution in [0, 0.1) is 0 Å². The molecule has 118 valence electrons. The molecule has 1 atom stereocenters. The van der Waals surface area contributed by atoms with E-state index in [-0.39, 0.29) is 18.2 Å². The van der Waals surface area contributed by atoms with Crippen LogP contribution in [0.3, 0.4) is 0 Å². The van der Waals surface area contributed by atoms with E-state index in [1.807, 2.05) is 0 Å². The Morgan fingerprint density at radius 3 is 2.43 bits per heavy atom. The summed E-state index contributed by atoms with van der Waals surface area (Å²) in [6.45, 7) is 0. The fourth-order valence-corrected chi connectivity index (χ4v) is 3.11. The molecule has 2 aromatic carbocycles. The highest BCUT2D eigenvalue weighted by Crippen LogP contribution is 2.32. The van der Waals surface area contributed by atoms with E-state index in [0.717, 1.165) is 4.90 Å². The van der Waals surface area contributed by atoms with Crippen molar-refractivity contribution < 1.29 is 9.59 Å². The average molecular weight is 370 g/mol. The Kier molecular flexibility index (Phi) is 4.48. The van der Waals surface area contributed by atoms with Crippen LogP contribution >= 0.6 is 34.8 Å². The lowest BCUT2D eigenvalue weighted by molar-refractivity contribution is -0.121. The smallest absolute Gasteiger partial charge is 0.256 e. The molecule has 0 spiro atoms. The summed E-state index contributed by atoms with van der Waals surface area (Å²) < 4.78 is 0. The van der Waals surface area contributed by atoms with Gasteiger partial charge in [-0.2, -0.15) is 0 Å². The number of hydrogen-bond donors (Lipinski definition) is 1. The van der Waals surface area contributed by atoms with Crippen LogP contribution in [0.4, 0.5) is 11.4 Å². The molecule has 2 aromatic rings. The molecule has 0 aliphatic carbocycles. The highest BCUT2D eigenvalue weighted by Gasteiger charge is 2.40. The number of hydrogen-bond acceptors (Lipinski definition) is 3. The molecule has 1 fully saturated rings. The minimum absolute atomic E-state index is 0.0308. The third kappa shape index (κ3) is 3.15. The van der Waals surface area contributed by atoms with Crippen LogP contribution in [-0.4, -0.2) is 17.9 Å². The maximum atomic E-state index is 12.6. The van der Waals surface area contributed by atoms with E-state index in [1.54, 1.807) is 42.5 Å². The number of carbonyl (C=O) groups is 2. The van der Waals surface area contributed by atoms with Crippen molar-refractivity contribution in [3.63, 3.8) is 0 Å². The van der Waals surface area contributed by atoms with Crippen LogP contribution < -0.4 is 10.2 Å². The van der Waals surface area contributed by atoms with Crippen molar-refractivity contribution in [2.75, 3.05) is 10.2 Å². The maximum absolute atomic E-state index is 12.6. The van der Waals surface area contributed by atoms with Gasteiger partial charge in [0.1, 0.15) is 6.04 Å². The second kappa shape index (κ2) is 6.40. The predicted octanol–water partition coefficient (Wildman–Crippen LogP) is 4.39. The zero-order chi connectivity index (χ0) is 16.6. The zero-order valence-electron chi connectivity index (χ0n) is 11.7. The molecule has 0 aromatic heterocycles. The number of para-hydroxylation sites is 1. The molecule has 1 saturated heterocycles. The normalized spacial score (nSPS) is 17.7. The molecule has 1 heterocycles. The summed E-state index contributed by atoms with van der Waals surface area (Å²) in [5.74, 6) is -0.681. The van der Waals surface area contributed by atoms with Crippen molar-refractivity contribution in [2.45, 2.75) is 12.5 Å². The van der Waals surface area contributed by atoms with Crippen LogP contribution in [0.1, 0.15) is 6.42 Å². The second-order valence-corrected chi connectivity index (χ2v) is 6.29. The van der Waals surface area contributed by atoms with Crippen LogP contribution in [0.5, 0.6) is 0 Å². The van der Waals surface area contributed by atoms with Gasteiger partial charge in [0.05, 0.1) is 27.8 Å². The molecule has 0 saturated carbocycles. The first-order chi connectivity index (χ1) is 11.0. The Morgan fingerprint density at radius 2 is 1.74 bits per heavy atom. The van der Waals surface area contributed by atoms with Crippen molar-refractivity contribution in [3.8, 4) is 0 Å². The first-order valence-corrected chi connectivity index (χ1v) is 7.93. The number of halogens is 3. The first-order valence-electron chi connectivity index (χ1n) is 6.80. The van der Waals surface area contributed by atoms with Crippen LogP contribution in [-0.2, 0) is 9.59 Å². The minimum atomic E-state index is -0.697. The number of rotatable bonds is 3. The number of carbonyl (C=O) groups excluding carboxylic acids is 2. The highest BCUT2D eigenvalue weighted by molar-refractivity contribution is 6.37. The molecule has 1 aliphatic rings. The van der Waals surface area contributed by atoms with Gasteiger partial charge >= 0.3 is 0 Å². The van der Waals surface area contributed by atoms with Crippen molar-refractivity contribution in [1.82, 2.24) is 0 Å². The van der Waals surface area contributed by atoms with Gasteiger partial charge in [0.2, 0.25) is 5.91 Å². The van der Waals surface area contributed by atoms with Crippen molar-refractivity contribution in [3.05, 3.63) is 57.5 Å². The largest absolute Gasteiger partial charge is 0.372 e. The zero-order valence-corrected chi connectivity index (χ0v) is 14.0. The molecule has 23 heavy (non-hydrogen) atoms. The molecule has 1 aliphatic heterocycles. The summed E-state index contributed by atoms with van der Waals surface area (Å²) in [6.07, 6.45) is 0.0308. The molecule has 0 radical (unpaired) electrons.